The molecule has 4 aromatic rings. The van der Waals surface area contributed by atoms with Gasteiger partial charge in [0.05, 0.1) is 58.4 Å². The van der Waals surface area contributed by atoms with Gasteiger partial charge in [-0.05, 0) is 98.8 Å². The van der Waals surface area contributed by atoms with Crippen LogP contribution in [0.3, 0.4) is 0 Å². The summed E-state index contributed by atoms with van der Waals surface area (Å²) in [5.41, 5.74) is 13.3. The molecule has 45 nitrogen and oxygen atoms in total. The molecule has 0 aliphatic carbocycles. The largest absolute Gasteiger partial charge is 0.394 e. The number of carbonyl (C=O) groups excluding carboxylic acids is 16. The van der Waals surface area contributed by atoms with Gasteiger partial charge in [0.1, 0.15) is 85.2 Å². The Kier molecular flexibility index (Phi) is 55.2. The number of ketones is 3. The number of tetrazole rings is 1. The van der Waals surface area contributed by atoms with Gasteiger partial charge in [0.2, 0.25) is 76.8 Å². The second-order valence-electron chi connectivity index (χ2n) is 36.3. The summed E-state index contributed by atoms with van der Waals surface area (Å²) in [5.74, 6) is -12.1. The molecule has 22 N–H and O–H groups in total. The molecule has 45 heteroatoms. The van der Waals surface area contributed by atoms with Crippen LogP contribution in [0.25, 0.3) is 10.9 Å². The van der Waals surface area contributed by atoms with E-state index < -0.39 is 195 Å². The fourth-order valence-corrected chi connectivity index (χ4v) is 16.7. The predicted octanol–water partition coefficient (Wildman–Crippen LogP) is 0.866. The highest BCUT2D eigenvalue weighted by Gasteiger charge is 2.44. The number of rotatable bonds is 63. The molecule has 790 valence electrons. The highest BCUT2D eigenvalue weighted by atomic mass is 16.5. The van der Waals surface area contributed by atoms with Crippen molar-refractivity contribution in [2.24, 2.45) is 16.5 Å². The van der Waals surface area contributed by atoms with E-state index in [1.165, 1.54) is 70.9 Å². The van der Waals surface area contributed by atoms with Gasteiger partial charge < -0.3 is 119 Å². The Morgan fingerprint density at radius 1 is 0.566 bits per heavy atom. The molecule has 143 heavy (non-hydrogen) atoms. The van der Waals surface area contributed by atoms with Crippen LogP contribution in [0.5, 0.6) is 0 Å². The van der Waals surface area contributed by atoms with E-state index in [1.807, 2.05) is 18.2 Å². The summed E-state index contributed by atoms with van der Waals surface area (Å²) in [4.78, 5) is 233. The number of aliphatic hydroxyl groups excluding tert-OH is 3. The second kappa shape index (κ2) is 67.2. The van der Waals surface area contributed by atoms with Gasteiger partial charge in [-0.1, -0.05) is 158 Å². The minimum atomic E-state index is -1.91. The normalized spacial score (nSPS) is 18.9. The van der Waals surface area contributed by atoms with Gasteiger partial charge in [-0.3, -0.25) is 87.1 Å². The highest BCUT2D eigenvalue weighted by molar-refractivity contribution is 6.01. The van der Waals surface area contributed by atoms with Crippen molar-refractivity contribution in [1.82, 2.24) is 94.3 Å². The molecule has 5 heterocycles. The van der Waals surface area contributed by atoms with E-state index in [2.05, 4.69) is 94.4 Å². The Labute approximate surface area is 833 Å². The summed E-state index contributed by atoms with van der Waals surface area (Å²) in [6, 6.07) is -1.30. The van der Waals surface area contributed by atoms with E-state index in [0.717, 1.165) is 53.7 Å². The zero-order valence-corrected chi connectivity index (χ0v) is 82.4. The molecule has 3 aliphatic heterocycles. The number of aromatic amines is 2. The molecule has 0 spiro atoms. The van der Waals surface area contributed by atoms with E-state index in [1.54, 1.807) is 55.6 Å². The number of para-hydroxylation sites is 1. The molecule has 7 rings (SSSR count). The van der Waals surface area contributed by atoms with Crippen molar-refractivity contribution >= 4 is 117 Å². The molecule has 0 unspecified atom stereocenters. The molecule has 0 bridgehead atoms. The van der Waals surface area contributed by atoms with Crippen LogP contribution in [0, 0.1) is 5.41 Å². The van der Waals surface area contributed by atoms with Crippen LogP contribution in [-0.2, 0) is 115 Å². The summed E-state index contributed by atoms with van der Waals surface area (Å²) in [6.45, 7) is 0.957. The molecular formula is C98H150N22O23. The monoisotopic (exact) mass is 2000 g/mol. The SMILES string of the molecule is CCCC[C@H](NC(=O)[C@H](CC1=CCC=N1)NC(=O)[C@H](CO)NC(=O)[C@@H](CCC(N)=O)NC(=O)[C@H](CO)NC(=O)COCCOCCCC(=O)COCCOCCNC(=O)CCCCCCCCCCCCCCCc1nnn[nH]1)C(=O)N[C@H]1CCC(=O)CCCCC[C@@H](C(C)=O)NC(=O)[C@H](Cc2c[nH]c3ccccc23)NC(=O)[C@H](CCCNC(=N)N)NC(=O)[C@@H](Cc2ccccc2)NC(=O)[C@@H]2C[C@@H](O)CN2C1=O. The molecule has 0 radical (unpaired) electrons. The number of Topliss-reactive ketones (excluding diaryl/α,β-unsaturated/α-hetero) is 3. The van der Waals surface area contributed by atoms with Crippen LogP contribution < -0.4 is 75.3 Å². The van der Waals surface area contributed by atoms with Gasteiger partial charge in [-0.2, -0.15) is 0 Å². The van der Waals surface area contributed by atoms with Gasteiger partial charge in [0.25, 0.3) is 0 Å². The Bertz CT molecular complexity index is 4750. The Balaban J connectivity index is 0.902. The molecule has 2 aromatic carbocycles. The molecule has 2 fully saturated rings. The number of hydrogen-bond acceptors (Lipinski definition) is 28. The number of nitrogens with one attached hydrogen (secondary N) is 15. The van der Waals surface area contributed by atoms with Gasteiger partial charge >= 0.3 is 0 Å². The van der Waals surface area contributed by atoms with E-state index in [0.29, 0.717) is 62.8 Å². The Hall–Kier alpha value is -12.4. The van der Waals surface area contributed by atoms with E-state index in [4.69, 9.17) is 35.8 Å². The molecule has 12 atom stereocenters. The third kappa shape index (κ3) is 45.8. The van der Waals surface area contributed by atoms with Crippen LogP contribution in [0.1, 0.15) is 243 Å². The average Bonchev–Trinajstić information content (AvgIpc) is 1.67. The zero-order valence-electron chi connectivity index (χ0n) is 82.4. The maximum atomic E-state index is 15.4. The third-order valence-electron chi connectivity index (χ3n) is 24.7. The average molecular weight is 2000 g/mol. The Morgan fingerprint density at radius 3 is 1.83 bits per heavy atom. The van der Waals surface area contributed by atoms with Crippen molar-refractivity contribution in [2.45, 2.75) is 318 Å². The van der Waals surface area contributed by atoms with Crippen LogP contribution in [-0.4, -0.2) is 310 Å². The molecule has 2 aromatic heterocycles. The first-order valence-corrected chi connectivity index (χ1v) is 50.3. The second-order valence-corrected chi connectivity index (χ2v) is 36.3. The summed E-state index contributed by atoms with van der Waals surface area (Å²) in [5, 5.41) is 86.3. The maximum Gasteiger partial charge on any atom is 0.246 e. The number of ether oxygens (including phenoxy) is 4. The number of primary amides is 1. The number of allylic oxidation sites excluding steroid dienone is 1. The van der Waals surface area contributed by atoms with Crippen LogP contribution in [0.4, 0.5) is 0 Å². The summed E-state index contributed by atoms with van der Waals surface area (Å²) < 4.78 is 21.9. The highest BCUT2D eigenvalue weighted by Crippen LogP contribution is 2.25. The van der Waals surface area contributed by atoms with Crippen molar-refractivity contribution in [3.63, 3.8) is 0 Å². The number of carbonyl (C=O) groups is 16. The summed E-state index contributed by atoms with van der Waals surface area (Å²) in [7, 11) is 0. The lowest BCUT2D eigenvalue weighted by molar-refractivity contribution is -0.143. The van der Waals surface area contributed by atoms with E-state index >= 15 is 19.2 Å². The number of aliphatic hydroxyl groups is 3. The fraction of sp³-hybridized carbons (Fsp3) is 0.643. The smallest absolute Gasteiger partial charge is 0.246 e. The number of guanidine groups is 1. The predicted molar refractivity (Wildman–Crippen MR) is 526 cm³/mol. The number of hydrogen-bond donors (Lipinski definition) is 20. The fourth-order valence-electron chi connectivity index (χ4n) is 16.7. The van der Waals surface area contributed by atoms with Gasteiger partial charge in [0, 0.05) is 126 Å². The number of amides is 13. The van der Waals surface area contributed by atoms with E-state index in [9.17, 15) is 72.9 Å². The van der Waals surface area contributed by atoms with Crippen LogP contribution in [0.2, 0.25) is 0 Å². The molecular weight excluding hydrogens is 1850 g/mol. The quantitative estimate of drug-likeness (QED) is 0.0166. The first-order chi connectivity index (χ1) is 69.0. The van der Waals surface area contributed by atoms with Crippen molar-refractivity contribution in [3.8, 4) is 0 Å². The van der Waals surface area contributed by atoms with Gasteiger partial charge in [-0.15, -0.1) is 5.10 Å². The van der Waals surface area contributed by atoms with Crippen molar-refractivity contribution < 1.29 is 111 Å². The number of benzene rings is 2. The molecule has 3 aliphatic rings. The standard InChI is InChI=1S/C98H150N22O23/c1-3-4-35-74(88(130)111-77-42-41-68(124)32-20-17-21-36-72(64(2)123)107-92(134)79(55-66-58-105-73-37-25-24-34-71(66)73)112-89(131)75(38-27-46-104-98(100)101)109-91(133)78(54-65-29-18-16-19-30-65)114-96(138)83-57-70(126)59-120(83)97(77)139)108-93(135)80(56-67-31-26-45-102-67)113-95(137)82(61-122)115-90(132)76(43-44-84(99)127)110-94(136)81(60-121)106-87(129)63-143-53-50-140-48-28-33-69(125)62-142-52-51-141-49-47-103-86(128)40-23-15-13-11-9-7-5-6-8-10-12-14-22-39-85-116-118-119-117-85/h16,18-19,24-25,29-31,34,37,45,58,70,72,74-83,105,121-122,126H,3-15,17,20-23,26-28,32-33,35-36,38-44,46-57,59-63H2,1-2H3,(H2,99,127)(H,103,128)(H,106,129)(H,107,134)(H,108,135)(H,109,133)(H,110,136)(H,111,130)(H,112,131)(H,113,137)(H,114,138)(H,115,132)(H4,100,101,104)(H,116,117,118,119)/t70-,72+,74+,75+,76-,77+,78-,79+,80+,81+,82+,83+/m1/s1. The third-order valence-corrected chi connectivity index (χ3v) is 24.7. The molecule has 13 amide bonds. The van der Waals surface area contributed by atoms with Crippen molar-refractivity contribution in [2.75, 3.05) is 85.7 Å². The lowest BCUT2D eigenvalue weighted by Gasteiger charge is -2.31. The Morgan fingerprint density at radius 2 is 1.17 bits per heavy atom. The number of aliphatic imine (C=N–C) groups is 1. The maximum absolute atomic E-state index is 15.4. The van der Waals surface area contributed by atoms with Crippen LogP contribution in [0.15, 0.2) is 77.6 Å². The minimum Gasteiger partial charge on any atom is -0.394 e. The number of aromatic nitrogens is 5. The number of nitrogens with two attached hydrogens (primary N) is 2. The first-order valence-electron chi connectivity index (χ1n) is 50.3. The van der Waals surface area contributed by atoms with Gasteiger partial charge in [0.15, 0.2) is 17.5 Å². The lowest BCUT2D eigenvalue weighted by atomic mass is 9.99. The number of unbranched alkanes of at least 4 members (excludes halogenated alkanes) is 13. The van der Waals surface area contributed by atoms with E-state index in [-0.39, 0.29) is 159 Å². The number of fused-ring (bicyclic) bond motifs is 2. The van der Waals surface area contributed by atoms with Gasteiger partial charge in [-0.25, -0.2) is 5.10 Å². The van der Waals surface area contributed by atoms with Crippen molar-refractivity contribution in [1.29, 1.82) is 5.41 Å². The molecule has 2 saturated heterocycles. The molecule has 0 saturated carbocycles. The minimum absolute atomic E-state index is 0.0108. The number of aryl methyl sites for hydroxylation is 1. The summed E-state index contributed by atoms with van der Waals surface area (Å²) in [6.07, 6.45) is 19.9. The number of nitrogens with zero attached hydrogens (tertiary/aromatic N) is 5. The number of H-pyrrole nitrogens is 2. The first kappa shape index (κ1) is 118. The van der Waals surface area contributed by atoms with Crippen molar-refractivity contribution in [3.05, 3.63) is 89.5 Å². The topological polar surface area (TPSA) is 677 Å². The lowest BCUT2D eigenvalue weighted by Crippen LogP contribution is -2.61. The van der Waals surface area contributed by atoms with Crippen LogP contribution >= 0.6 is 0 Å². The summed E-state index contributed by atoms with van der Waals surface area (Å²) >= 11 is 0. The zero-order chi connectivity index (χ0) is 103.